The van der Waals surface area contributed by atoms with Crippen molar-refractivity contribution in [3.63, 3.8) is 0 Å². The van der Waals surface area contributed by atoms with Crippen LogP contribution in [0, 0.1) is 23.4 Å². The Morgan fingerprint density at radius 1 is 0.656 bits per heavy atom. The highest BCUT2D eigenvalue weighted by molar-refractivity contribution is 5.21. The largest absolute Gasteiger partial charge is 0.327 e. The molecule has 0 aliphatic heterocycles. The maximum atomic E-state index is 14.5. The van der Waals surface area contributed by atoms with E-state index in [1.54, 1.807) is 0 Å². The van der Waals surface area contributed by atoms with Crippen LogP contribution in [-0.2, 0) is 20.6 Å². The van der Waals surface area contributed by atoms with E-state index < -0.39 is 23.4 Å². The first-order valence-corrected chi connectivity index (χ1v) is 12.5. The van der Waals surface area contributed by atoms with Crippen LogP contribution in [0.2, 0.25) is 0 Å². The Kier molecular flexibility index (Phi) is 14.9. The van der Waals surface area contributed by atoms with Gasteiger partial charge in [-0.1, -0.05) is 66.2 Å². The molecular weight excluding hydrogens is 417 g/mol. The molecule has 0 aliphatic carbocycles. The van der Waals surface area contributed by atoms with Gasteiger partial charge in [0, 0.05) is 12.0 Å². The maximum Gasteiger partial charge on any atom is 0.286 e. The summed E-state index contributed by atoms with van der Waals surface area (Å²) in [7, 11) is 0. The van der Waals surface area contributed by atoms with Crippen LogP contribution in [0.15, 0.2) is 12.1 Å². The minimum atomic E-state index is -1.33. The second-order valence-electron chi connectivity index (χ2n) is 8.46. The van der Waals surface area contributed by atoms with Crippen molar-refractivity contribution in [2.45, 2.75) is 104 Å². The predicted octanol–water partition coefficient (Wildman–Crippen LogP) is 7.95. The summed E-state index contributed by atoms with van der Waals surface area (Å²) in [4.78, 5) is 0. The summed E-state index contributed by atoms with van der Waals surface area (Å²) in [5.41, 5.74) is 0.115. The molecule has 0 heterocycles. The molecule has 1 atom stereocenters. The minimum Gasteiger partial charge on any atom is -0.327 e. The van der Waals surface area contributed by atoms with Crippen LogP contribution >= 0.6 is 0 Å². The summed E-state index contributed by atoms with van der Waals surface area (Å²) in [5, 5.41) is 0. The highest BCUT2D eigenvalue weighted by atomic mass is 19.2. The van der Waals surface area contributed by atoms with E-state index in [-0.39, 0.29) is 17.9 Å². The predicted molar refractivity (Wildman–Crippen MR) is 123 cm³/mol. The zero-order valence-corrected chi connectivity index (χ0v) is 20.5. The zero-order chi connectivity index (χ0) is 23.8. The Morgan fingerprint density at radius 2 is 1.16 bits per heavy atom. The van der Waals surface area contributed by atoms with Crippen molar-refractivity contribution in [1.82, 2.24) is 0 Å². The molecule has 1 unspecified atom stereocenters. The quantitative estimate of drug-likeness (QED) is 0.119. The molecule has 0 N–H and O–H groups in total. The lowest BCUT2D eigenvalue weighted by molar-refractivity contribution is -0.406. The van der Waals surface area contributed by atoms with Crippen LogP contribution in [0.1, 0.15) is 97.5 Å². The summed E-state index contributed by atoms with van der Waals surface area (Å²) < 4.78 is 60.4. The fraction of sp³-hybridized carbons (Fsp3) is 0.769. The third-order valence-corrected chi connectivity index (χ3v) is 5.48. The van der Waals surface area contributed by atoms with Crippen molar-refractivity contribution < 1.29 is 27.4 Å². The van der Waals surface area contributed by atoms with Gasteiger partial charge in [0.05, 0.1) is 19.8 Å². The highest BCUT2D eigenvalue weighted by Gasteiger charge is 2.42. The van der Waals surface area contributed by atoms with E-state index >= 15 is 0 Å². The van der Waals surface area contributed by atoms with Gasteiger partial charge in [0.2, 0.25) is 0 Å². The van der Waals surface area contributed by atoms with Gasteiger partial charge in [-0.05, 0) is 43.7 Å². The van der Waals surface area contributed by atoms with Crippen LogP contribution in [0.4, 0.5) is 13.2 Å². The van der Waals surface area contributed by atoms with E-state index in [0.29, 0.717) is 32.3 Å². The number of rotatable bonds is 19. The molecule has 3 nitrogen and oxygen atoms in total. The lowest BCUT2D eigenvalue weighted by Gasteiger charge is -2.40. The van der Waals surface area contributed by atoms with Crippen molar-refractivity contribution in [1.29, 1.82) is 0 Å². The fourth-order valence-corrected chi connectivity index (χ4v) is 3.77. The van der Waals surface area contributed by atoms with Crippen LogP contribution in [0.5, 0.6) is 0 Å². The lowest BCUT2D eigenvalue weighted by Crippen LogP contribution is -2.48. The third kappa shape index (κ3) is 9.80. The van der Waals surface area contributed by atoms with E-state index in [2.05, 4.69) is 6.92 Å². The molecular formula is C26H43F3O3. The Labute approximate surface area is 193 Å². The van der Waals surface area contributed by atoms with Gasteiger partial charge in [-0.25, -0.2) is 13.2 Å². The van der Waals surface area contributed by atoms with Gasteiger partial charge in [-0.3, -0.25) is 0 Å². The molecule has 0 aromatic heterocycles. The van der Waals surface area contributed by atoms with Crippen LogP contribution < -0.4 is 0 Å². The highest BCUT2D eigenvalue weighted by Crippen LogP contribution is 2.35. The number of halogens is 3. The van der Waals surface area contributed by atoms with E-state index in [9.17, 15) is 13.2 Å². The fourth-order valence-electron chi connectivity index (χ4n) is 3.77. The normalized spacial score (nSPS) is 13.0. The smallest absolute Gasteiger partial charge is 0.286 e. The summed E-state index contributed by atoms with van der Waals surface area (Å²) in [6.45, 7) is 9.48. The Hall–Kier alpha value is -1.11. The summed E-state index contributed by atoms with van der Waals surface area (Å²) in [5.74, 6) is -4.67. The monoisotopic (exact) mass is 460 g/mol. The van der Waals surface area contributed by atoms with Gasteiger partial charge in [-0.15, -0.1) is 0 Å². The van der Waals surface area contributed by atoms with Crippen LogP contribution in [-0.4, -0.2) is 25.8 Å². The number of benzene rings is 1. The van der Waals surface area contributed by atoms with Crippen molar-refractivity contribution >= 4 is 0 Å². The summed E-state index contributed by atoms with van der Waals surface area (Å²) >= 11 is 0. The maximum absolute atomic E-state index is 14.5. The van der Waals surface area contributed by atoms with E-state index in [4.69, 9.17) is 14.2 Å². The molecule has 0 bridgehead atoms. The molecule has 0 aliphatic rings. The first-order chi connectivity index (χ1) is 15.4. The van der Waals surface area contributed by atoms with Crippen LogP contribution in [0.25, 0.3) is 0 Å². The lowest BCUT2D eigenvalue weighted by atomic mass is 9.90. The molecule has 0 fully saturated rings. The average Bonchev–Trinajstić information content (AvgIpc) is 2.78. The third-order valence-electron chi connectivity index (χ3n) is 5.48. The zero-order valence-electron chi connectivity index (χ0n) is 20.5. The molecule has 0 amide bonds. The second-order valence-corrected chi connectivity index (χ2v) is 8.46. The van der Waals surface area contributed by atoms with Gasteiger partial charge in [-0.2, -0.15) is 0 Å². The van der Waals surface area contributed by atoms with Crippen LogP contribution in [0.3, 0.4) is 0 Å². The van der Waals surface area contributed by atoms with Gasteiger partial charge in [0.1, 0.15) is 5.82 Å². The number of unbranched alkanes of at least 4 members (excludes halogenated alkanes) is 5. The van der Waals surface area contributed by atoms with E-state index in [1.165, 1.54) is 19.3 Å². The molecule has 0 spiro atoms. The van der Waals surface area contributed by atoms with Gasteiger partial charge >= 0.3 is 0 Å². The number of hydrogen-bond donors (Lipinski definition) is 0. The average molecular weight is 461 g/mol. The second kappa shape index (κ2) is 16.5. The topological polar surface area (TPSA) is 27.7 Å². The Bertz CT molecular complexity index is 603. The molecule has 1 aromatic carbocycles. The Morgan fingerprint density at radius 3 is 1.69 bits per heavy atom. The SMILES string of the molecule is CCCCCCCCC(Cc1cc(F)c(F)cc1F)C(OCCC)(OCCC)OCCC. The van der Waals surface area contributed by atoms with Gasteiger partial charge < -0.3 is 14.2 Å². The number of hydrogen-bond acceptors (Lipinski definition) is 3. The molecule has 1 rings (SSSR count). The molecule has 1 aromatic rings. The van der Waals surface area contributed by atoms with Crippen molar-refractivity contribution in [2.24, 2.45) is 5.92 Å². The molecule has 0 radical (unpaired) electrons. The molecule has 0 saturated carbocycles. The summed E-state index contributed by atoms with van der Waals surface area (Å²) in [6.07, 6.45) is 9.82. The Balaban J connectivity index is 3.18. The molecule has 0 saturated heterocycles. The van der Waals surface area contributed by atoms with Gasteiger partial charge in [0.15, 0.2) is 11.6 Å². The van der Waals surface area contributed by atoms with E-state index in [0.717, 1.165) is 44.6 Å². The molecule has 186 valence electrons. The van der Waals surface area contributed by atoms with Crippen molar-refractivity contribution in [3.05, 3.63) is 35.1 Å². The standard InChI is InChI=1S/C26H43F3O3/c1-5-9-10-11-12-13-14-22(18-21-19-24(28)25(29)20-23(21)27)26(30-15-6-2,31-16-7-3)32-17-8-4/h19-20,22H,5-18H2,1-4H3. The molecule has 6 heteroatoms. The molecule has 32 heavy (non-hydrogen) atoms. The van der Waals surface area contributed by atoms with E-state index in [1.807, 2.05) is 20.8 Å². The first kappa shape index (κ1) is 28.9. The minimum absolute atomic E-state index is 0.115. The summed E-state index contributed by atoms with van der Waals surface area (Å²) in [6, 6.07) is 1.56. The first-order valence-electron chi connectivity index (χ1n) is 12.5. The van der Waals surface area contributed by atoms with Crippen molar-refractivity contribution in [2.75, 3.05) is 19.8 Å². The number of ether oxygens (including phenoxy) is 3. The van der Waals surface area contributed by atoms with Gasteiger partial charge in [0.25, 0.3) is 5.97 Å². The van der Waals surface area contributed by atoms with Crippen molar-refractivity contribution in [3.8, 4) is 0 Å².